The molecular formula is C17H25N3S. The third kappa shape index (κ3) is 4.35. The van der Waals surface area contributed by atoms with Crippen molar-refractivity contribution < 1.29 is 0 Å². The van der Waals surface area contributed by atoms with Crippen LogP contribution < -0.4 is 5.32 Å². The molecule has 0 bridgehead atoms. The van der Waals surface area contributed by atoms with E-state index in [1.54, 1.807) is 11.3 Å². The molecule has 0 saturated carbocycles. The van der Waals surface area contributed by atoms with Crippen molar-refractivity contribution in [1.82, 2.24) is 15.5 Å². The van der Waals surface area contributed by atoms with Gasteiger partial charge in [-0.25, -0.2) is 0 Å². The number of aromatic nitrogens is 2. The molecule has 114 valence electrons. The van der Waals surface area contributed by atoms with Gasteiger partial charge in [-0.3, -0.25) is 0 Å². The van der Waals surface area contributed by atoms with Crippen LogP contribution in [0.2, 0.25) is 0 Å². The Balaban J connectivity index is 2.18. The summed E-state index contributed by atoms with van der Waals surface area (Å²) in [6, 6.07) is 10.7. The molecule has 4 heteroatoms. The molecule has 1 N–H and O–H groups in total. The predicted octanol–water partition coefficient (Wildman–Crippen LogP) is 3.87. The lowest BCUT2D eigenvalue weighted by atomic mass is 9.86. The van der Waals surface area contributed by atoms with Gasteiger partial charge in [0.05, 0.1) is 0 Å². The van der Waals surface area contributed by atoms with Crippen LogP contribution in [0, 0.1) is 5.92 Å². The van der Waals surface area contributed by atoms with Crippen molar-refractivity contribution in [3.63, 3.8) is 0 Å². The zero-order valence-electron chi connectivity index (χ0n) is 13.2. The maximum Gasteiger partial charge on any atom is 0.125 e. The first kappa shape index (κ1) is 16.1. The fourth-order valence-electron chi connectivity index (χ4n) is 2.52. The topological polar surface area (TPSA) is 37.8 Å². The molecule has 2 aromatic rings. The third-order valence-electron chi connectivity index (χ3n) is 3.94. The van der Waals surface area contributed by atoms with E-state index in [0.717, 1.165) is 35.8 Å². The standard InChI is InChI=1S/C17H25N3S/c1-4-13(2)16(14-9-6-5-7-10-14)17-20-19-15(21-17)11-8-12-18-3/h5-7,9-10,13,16,18H,4,8,11-12H2,1-3H3. The fourth-order valence-corrected chi connectivity index (χ4v) is 3.67. The van der Waals surface area contributed by atoms with E-state index in [2.05, 4.69) is 59.7 Å². The quantitative estimate of drug-likeness (QED) is 0.752. The maximum atomic E-state index is 4.49. The molecule has 3 nitrogen and oxygen atoms in total. The summed E-state index contributed by atoms with van der Waals surface area (Å²) in [4.78, 5) is 0. The van der Waals surface area contributed by atoms with E-state index < -0.39 is 0 Å². The second kappa shape index (κ2) is 8.25. The van der Waals surface area contributed by atoms with Gasteiger partial charge in [-0.05, 0) is 31.5 Å². The number of hydrogen-bond donors (Lipinski definition) is 1. The van der Waals surface area contributed by atoms with Crippen LogP contribution in [-0.4, -0.2) is 23.8 Å². The third-order valence-corrected chi connectivity index (χ3v) is 5.00. The van der Waals surface area contributed by atoms with Gasteiger partial charge in [0.2, 0.25) is 0 Å². The number of nitrogens with one attached hydrogen (secondary N) is 1. The minimum Gasteiger partial charge on any atom is -0.320 e. The Morgan fingerprint density at radius 3 is 2.62 bits per heavy atom. The van der Waals surface area contributed by atoms with Crippen molar-refractivity contribution in [1.29, 1.82) is 0 Å². The number of benzene rings is 1. The molecule has 2 atom stereocenters. The Kier molecular flexibility index (Phi) is 6.33. The molecule has 1 aromatic carbocycles. The van der Waals surface area contributed by atoms with Crippen LogP contribution in [0.3, 0.4) is 0 Å². The monoisotopic (exact) mass is 303 g/mol. The molecule has 0 aliphatic heterocycles. The van der Waals surface area contributed by atoms with E-state index in [0.29, 0.717) is 11.8 Å². The molecule has 0 fully saturated rings. The summed E-state index contributed by atoms with van der Waals surface area (Å²) in [5.41, 5.74) is 1.35. The van der Waals surface area contributed by atoms with Gasteiger partial charge in [0, 0.05) is 12.3 Å². The van der Waals surface area contributed by atoms with Crippen LogP contribution in [0.25, 0.3) is 0 Å². The van der Waals surface area contributed by atoms with Gasteiger partial charge in [-0.2, -0.15) is 0 Å². The Bertz CT molecular complexity index is 524. The van der Waals surface area contributed by atoms with Gasteiger partial charge in [0.1, 0.15) is 10.0 Å². The Labute approximate surface area is 131 Å². The highest BCUT2D eigenvalue weighted by Crippen LogP contribution is 2.35. The highest BCUT2D eigenvalue weighted by atomic mass is 32.1. The van der Waals surface area contributed by atoms with Crippen molar-refractivity contribution in [2.45, 2.75) is 39.0 Å². The predicted molar refractivity (Wildman–Crippen MR) is 89.9 cm³/mol. The van der Waals surface area contributed by atoms with Crippen LogP contribution in [0.5, 0.6) is 0 Å². The molecule has 2 rings (SSSR count). The Morgan fingerprint density at radius 2 is 1.95 bits per heavy atom. The summed E-state index contributed by atoms with van der Waals surface area (Å²) >= 11 is 1.78. The van der Waals surface area contributed by atoms with Gasteiger partial charge in [0.15, 0.2) is 0 Å². The first-order valence-corrected chi connectivity index (χ1v) is 8.59. The minimum atomic E-state index is 0.367. The Morgan fingerprint density at radius 1 is 1.19 bits per heavy atom. The van der Waals surface area contributed by atoms with Gasteiger partial charge in [-0.15, -0.1) is 21.5 Å². The molecule has 1 aromatic heterocycles. The molecule has 0 amide bonds. The second-order valence-electron chi connectivity index (χ2n) is 5.52. The highest BCUT2D eigenvalue weighted by molar-refractivity contribution is 7.11. The van der Waals surface area contributed by atoms with Gasteiger partial charge >= 0.3 is 0 Å². The van der Waals surface area contributed by atoms with Crippen LogP contribution in [0.15, 0.2) is 30.3 Å². The largest absolute Gasteiger partial charge is 0.320 e. The van der Waals surface area contributed by atoms with Crippen molar-refractivity contribution in [2.24, 2.45) is 5.92 Å². The average molecular weight is 303 g/mol. The van der Waals surface area contributed by atoms with E-state index in [4.69, 9.17) is 0 Å². The van der Waals surface area contributed by atoms with E-state index in [1.807, 2.05) is 7.05 Å². The van der Waals surface area contributed by atoms with Crippen molar-refractivity contribution in [2.75, 3.05) is 13.6 Å². The van der Waals surface area contributed by atoms with Crippen molar-refractivity contribution in [3.05, 3.63) is 45.9 Å². The average Bonchev–Trinajstić information content (AvgIpc) is 2.97. The first-order valence-electron chi connectivity index (χ1n) is 7.78. The van der Waals surface area contributed by atoms with E-state index in [9.17, 15) is 0 Å². The molecule has 21 heavy (non-hydrogen) atoms. The lowest BCUT2D eigenvalue weighted by molar-refractivity contribution is 0.492. The van der Waals surface area contributed by atoms with Crippen molar-refractivity contribution in [3.8, 4) is 0 Å². The van der Waals surface area contributed by atoms with Crippen LogP contribution in [-0.2, 0) is 6.42 Å². The zero-order valence-corrected chi connectivity index (χ0v) is 14.0. The summed E-state index contributed by atoms with van der Waals surface area (Å²) in [5, 5.41) is 14.4. The molecule has 0 aliphatic rings. The highest BCUT2D eigenvalue weighted by Gasteiger charge is 2.23. The molecule has 0 saturated heterocycles. The molecule has 0 aliphatic carbocycles. The Hall–Kier alpha value is -1.26. The molecule has 1 heterocycles. The summed E-state index contributed by atoms with van der Waals surface area (Å²) in [5.74, 6) is 0.942. The van der Waals surface area contributed by atoms with Crippen LogP contribution in [0.1, 0.15) is 48.2 Å². The van der Waals surface area contributed by atoms with E-state index in [-0.39, 0.29) is 0 Å². The summed E-state index contributed by atoms with van der Waals surface area (Å²) < 4.78 is 0. The summed E-state index contributed by atoms with van der Waals surface area (Å²) in [6.45, 7) is 5.58. The first-order chi connectivity index (χ1) is 10.3. The van der Waals surface area contributed by atoms with Gasteiger partial charge < -0.3 is 5.32 Å². The van der Waals surface area contributed by atoms with Crippen molar-refractivity contribution >= 4 is 11.3 Å². The van der Waals surface area contributed by atoms with E-state index in [1.165, 1.54) is 5.56 Å². The van der Waals surface area contributed by atoms with E-state index >= 15 is 0 Å². The van der Waals surface area contributed by atoms with Crippen LogP contribution >= 0.6 is 11.3 Å². The smallest absolute Gasteiger partial charge is 0.125 e. The summed E-state index contributed by atoms with van der Waals surface area (Å²) in [7, 11) is 1.99. The molecular weight excluding hydrogens is 278 g/mol. The lowest BCUT2D eigenvalue weighted by Crippen LogP contribution is -2.10. The molecule has 2 unspecified atom stereocenters. The van der Waals surface area contributed by atoms with Gasteiger partial charge in [-0.1, -0.05) is 50.6 Å². The van der Waals surface area contributed by atoms with Crippen LogP contribution in [0.4, 0.5) is 0 Å². The molecule has 0 radical (unpaired) electrons. The SMILES string of the molecule is CCC(C)C(c1ccccc1)c1nnc(CCCNC)s1. The number of hydrogen-bond acceptors (Lipinski definition) is 4. The number of rotatable bonds is 8. The second-order valence-corrected chi connectivity index (χ2v) is 6.61. The lowest BCUT2D eigenvalue weighted by Gasteiger charge is -2.20. The van der Waals surface area contributed by atoms with Gasteiger partial charge in [0.25, 0.3) is 0 Å². The number of aryl methyl sites for hydroxylation is 1. The minimum absolute atomic E-state index is 0.367. The number of nitrogens with zero attached hydrogens (tertiary/aromatic N) is 2. The normalized spacial score (nSPS) is 14.0. The summed E-state index contributed by atoms with van der Waals surface area (Å²) in [6.07, 6.45) is 3.28. The zero-order chi connectivity index (χ0) is 15.1. The maximum absolute atomic E-state index is 4.49. The fraction of sp³-hybridized carbons (Fsp3) is 0.529. The molecule has 0 spiro atoms.